The van der Waals surface area contributed by atoms with Crippen LogP contribution in [0.25, 0.3) is 0 Å². The van der Waals surface area contributed by atoms with Crippen molar-refractivity contribution in [2.75, 3.05) is 33.4 Å². The van der Waals surface area contributed by atoms with Crippen molar-refractivity contribution in [3.05, 3.63) is 58.5 Å². The third-order valence-electron chi connectivity index (χ3n) is 4.48. The lowest BCUT2D eigenvalue weighted by molar-refractivity contribution is 0.181. The molecular weight excluding hydrogens is 521 g/mol. The fourth-order valence-electron chi connectivity index (χ4n) is 3.02. The fraction of sp³-hybridized carbons (Fsp3) is 0.450. The monoisotopic (exact) mass is 547 g/mol. The molecule has 5 nitrogen and oxygen atoms in total. The van der Waals surface area contributed by atoms with E-state index in [4.69, 9.17) is 14.1 Å². The van der Waals surface area contributed by atoms with Crippen molar-refractivity contribution in [3.63, 3.8) is 0 Å². The number of hydrogen-bond donors (Lipinski definition) is 1. The van der Waals surface area contributed by atoms with Gasteiger partial charge in [-0.05, 0) is 36.2 Å². The number of furan rings is 1. The van der Waals surface area contributed by atoms with E-state index in [0.717, 1.165) is 55.3 Å². The summed E-state index contributed by atoms with van der Waals surface area (Å²) in [5.41, 5.74) is 1.19. The maximum atomic E-state index is 5.50. The summed E-state index contributed by atoms with van der Waals surface area (Å²) in [7, 11) is 2.10. The zero-order valence-electron chi connectivity index (χ0n) is 15.6. The molecule has 1 aliphatic rings. The maximum Gasteiger partial charge on any atom is 0.194 e. The Balaban J connectivity index is 0.00000261. The molecule has 1 fully saturated rings. The summed E-state index contributed by atoms with van der Waals surface area (Å²) in [6, 6.07) is 12.2. The van der Waals surface area contributed by atoms with Crippen LogP contribution in [0.4, 0.5) is 0 Å². The van der Waals surface area contributed by atoms with Crippen molar-refractivity contribution in [3.8, 4) is 0 Å². The lowest BCUT2D eigenvalue weighted by Crippen LogP contribution is -2.42. The zero-order valence-corrected chi connectivity index (χ0v) is 19.5. The smallest absolute Gasteiger partial charge is 0.194 e. The molecule has 0 aliphatic carbocycles. The Morgan fingerprint density at radius 1 is 1.30 bits per heavy atom. The number of benzene rings is 1. The molecule has 2 aromatic rings. The highest BCUT2D eigenvalue weighted by Crippen LogP contribution is 2.14. The number of halogens is 2. The van der Waals surface area contributed by atoms with Gasteiger partial charge >= 0.3 is 0 Å². The van der Waals surface area contributed by atoms with Gasteiger partial charge in [-0.1, -0.05) is 28.1 Å². The van der Waals surface area contributed by atoms with Gasteiger partial charge in [0, 0.05) is 43.6 Å². The van der Waals surface area contributed by atoms with E-state index >= 15 is 0 Å². The number of nitrogens with one attached hydrogen (secondary N) is 1. The van der Waals surface area contributed by atoms with E-state index in [2.05, 4.69) is 57.5 Å². The molecule has 3 rings (SSSR count). The molecule has 0 amide bonds. The van der Waals surface area contributed by atoms with Crippen molar-refractivity contribution in [2.24, 2.45) is 10.9 Å². The van der Waals surface area contributed by atoms with Crippen LogP contribution in [-0.2, 0) is 17.7 Å². The van der Waals surface area contributed by atoms with Gasteiger partial charge < -0.3 is 19.4 Å². The SMILES string of the molecule is CN(CC1CCOC1)C(=NCc1ccc(Br)cc1)NCCc1ccco1.I. The van der Waals surface area contributed by atoms with Crippen molar-refractivity contribution >= 4 is 45.9 Å². The number of guanidine groups is 1. The predicted molar refractivity (Wildman–Crippen MR) is 123 cm³/mol. The van der Waals surface area contributed by atoms with Crippen molar-refractivity contribution in [1.82, 2.24) is 10.2 Å². The van der Waals surface area contributed by atoms with Gasteiger partial charge in [0.2, 0.25) is 0 Å². The van der Waals surface area contributed by atoms with Gasteiger partial charge in [0.25, 0.3) is 0 Å². The Hall–Kier alpha value is -1.06. The molecule has 1 aromatic carbocycles. The second-order valence-corrected chi connectivity index (χ2v) is 7.55. The van der Waals surface area contributed by atoms with Crippen LogP contribution in [0.1, 0.15) is 17.7 Å². The topological polar surface area (TPSA) is 50.0 Å². The molecule has 0 spiro atoms. The van der Waals surface area contributed by atoms with Gasteiger partial charge in [0.15, 0.2) is 5.96 Å². The van der Waals surface area contributed by atoms with E-state index < -0.39 is 0 Å². The fourth-order valence-corrected chi connectivity index (χ4v) is 3.29. The summed E-state index contributed by atoms with van der Waals surface area (Å²) in [4.78, 5) is 7.04. The summed E-state index contributed by atoms with van der Waals surface area (Å²) in [6.45, 7) is 4.11. The molecule has 0 radical (unpaired) electrons. The van der Waals surface area contributed by atoms with Crippen LogP contribution in [0.5, 0.6) is 0 Å². The minimum Gasteiger partial charge on any atom is -0.469 e. The van der Waals surface area contributed by atoms with Gasteiger partial charge in [0.05, 0.1) is 19.4 Å². The van der Waals surface area contributed by atoms with Crippen LogP contribution in [0, 0.1) is 5.92 Å². The molecule has 1 unspecified atom stereocenters. The van der Waals surface area contributed by atoms with E-state index in [1.54, 1.807) is 6.26 Å². The highest BCUT2D eigenvalue weighted by atomic mass is 127. The first-order chi connectivity index (χ1) is 12.7. The van der Waals surface area contributed by atoms with Crippen LogP contribution in [-0.4, -0.2) is 44.2 Å². The average molecular weight is 548 g/mol. The van der Waals surface area contributed by atoms with Gasteiger partial charge in [-0.25, -0.2) is 4.99 Å². The summed E-state index contributed by atoms with van der Waals surface area (Å²) in [5, 5.41) is 3.48. The predicted octanol–water partition coefficient (Wildman–Crippen LogP) is 4.32. The average Bonchev–Trinajstić information content (AvgIpc) is 3.33. The minimum absolute atomic E-state index is 0. The second kappa shape index (κ2) is 11.7. The number of rotatable bonds is 7. The quantitative estimate of drug-likeness (QED) is 0.319. The Bertz CT molecular complexity index is 686. The lowest BCUT2D eigenvalue weighted by atomic mass is 10.1. The summed E-state index contributed by atoms with van der Waals surface area (Å²) in [5.74, 6) is 2.48. The van der Waals surface area contributed by atoms with E-state index in [1.165, 1.54) is 5.56 Å². The molecule has 27 heavy (non-hydrogen) atoms. The van der Waals surface area contributed by atoms with Crippen molar-refractivity contribution in [1.29, 1.82) is 0 Å². The van der Waals surface area contributed by atoms with Crippen molar-refractivity contribution < 1.29 is 9.15 Å². The molecule has 1 N–H and O–H groups in total. The Kier molecular flexibility index (Phi) is 9.64. The normalized spacial score (nSPS) is 16.8. The second-order valence-electron chi connectivity index (χ2n) is 6.63. The van der Waals surface area contributed by atoms with E-state index in [0.29, 0.717) is 12.5 Å². The Morgan fingerprint density at radius 2 is 2.11 bits per heavy atom. The molecule has 1 saturated heterocycles. The molecule has 7 heteroatoms. The van der Waals surface area contributed by atoms with E-state index in [9.17, 15) is 0 Å². The Morgan fingerprint density at radius 3 is 2.78 bits per heavy atom. The highest BCUT2D eigenvalue weighted by Gasteiger charge is 2.19. The van der Waals surface area contributed by atoms with E-state index in [-0.39, 0.29) is 24.0 Å². The molecule has 0 saturated carbocycles. The molecular formula is C20H27BrIN3O2. The van der Waals surface area contributed by atoms with Crippen LogP contribution in [0.3, 0.4) is 0 Å². The molecule has 2 heterocycles. The molecule has 1 aromatic heterocycles. The lowest BCUT2D eigenvalue weighted by Gasteiger charge is -2.25. The highest BCUT2D eigenvalue weighted by molar-refractivity contribution is 14.0. The van der Waals surface area contributed by atoms with Gasteiger partial charge in [-0.3, -0.25) is 0 Å². The summed E-state index contributed by atoms with van der Waals surface area (Å²) in [6.07, 6.45) is 3.67. The van der Waals surface area contributed by atoms with Crippen LogP contribution in [0.2, 0.25) is 0 Å². The summed E-state index contributed by atoms with van der Waals surface area (Å²) >= 11 is 3.47. The van der Waals surface area contributed by atoms with Crippen LogP contribution in [0.15, 0.2) is 56.5 Å². The zero-order chi connectivity index (χ0) is 18.2. The third-order valence-corrected chi connectivity index (χ3v) is 5.01. The number of nitrogens with zero attached hydrogens (tertiary/aromatic N) is 2. The number of aliphatic imine (C=N–C) groups is 1. The van der Waals surface area contributed by atoms with Crippen molar-refractivity contribution in [2.45, 2.75) is 19.4 Å². The van der Waals surface area contributed by atoms with E-state index in [1.807, 2.05) is 12.1 Å². The van der Waals surface area contributed by atoms with Crippen LogP contribution >= 0.6 is 39.9 Å². The van der Waals surface area contributed by atoms with Crippen LogP contribution < -0.4 is 5.32 Å². The molecule has 1 atom stereocenters. The number of hydrogen-bond acceptors (Lipinski definition) is 3. The maximum absolute atomic E-state index is 5.50. The molecule has 0 bridgehead atoms. The standard InChI is InChI=1S/C20H26BrN3O2.HI/c1-24(14-17-9-12-25-15-17)20(22-10-8-19-3-2-11-26-19)23-13-16-4-6-18(21)7-5-16;/h2-7,11,17H,8-10,12-15H2,1H3,(H,22,23);1H. The Labute approximate surface area is 186 Å². The third kappa shape index (κ3) is 7.46. The van der Waals surface area contributed by atoms with Gasteiger partial charge in [-0.15, -0.1) is 24.0 Å². The molecule has 1 aliphatic heterocycles. The largest absolute Gasteiger partial charge is 0.469 e. The summed E-state index contributed by atoms with van der Waals surface area (Å²) < 4.78 is 12.0. The molecule has 148 valence electrons. The minimum atomic E-state index is 0. The first kappa shape index (κ1) is 22.2. The van der Waals surface area contributed by atoms with Gasteiger partial charge in [0.1, 0.15) is 5.76 Å². The first-order valence-corrected chi connectivity index (χ1v) is 9.84. The number of ether oxygens (including phenoxy) is 1. The van der Waals surface area contributed by atoms with Gasteiger partial charge in [-0.2, -0.15) is 0 Å². The first-order valence-electron chi connectivity index (χ1n) is 9.05.